The standard InChI is InChI=1S/C32H40N4O5S2/c1-20(2)25(35-31(40)41-32(3,4)5)29(39)36-24(19-43-30(36)22-14-10-7-11-15-22)27(38)34-23(18-21-12-8-6-9-13-21)26(37)28-33-16-17-42-28/h6-17,20,23-26,30,37H,18-19H2,1-5H3,(H,34,38)(H,35,40)/t23-,24-,25-,26?,30?/m0/s1. The van der Waals surface area contributed by atoms with E-state index in [1.165, 1.54) is 23.1 Å². The molecule has 0 spiro atoms. The number of benzene rings is 2. The van der Waals surface area contributed by atoms with Gasteiger partial charge in [-0.15, -0.1) is 23.1 Å². The van der Waals surface area contributed by atoms with E-state index in [-0.39, 0.29) is 17.7 Å². The highest BCUT2D eigenvalue weighted by Gasteiger charge is 2.46. The van der Waals surface area contributed by atoms with Gasteiger partial charge in [0.1, 0.15) is 34.2 Å². The number of aromatic nitrogens is 1. The van der Waals surface area contributed by atoms with E-state index in [4.69, 9.17) is 4.74 Å². The smallest absolute Gasteiger partial charge is 0.408 e. The number of nitrogens with zero attached hydrogens (tertiary/aromatic N) is 2. The highest BCUT2D eigenvalue weighted by molar-refractivity contribution is 7.99. The van der Waals surface area contributed by atoms with Gasteiger partial charge in [0.2, 0.25) is 11.8 Å². The molecule has 230 valence electrons. The van der Waals surface area contributed by atoms with Gasteiger partial charge < -0.3 is 25.4 Å². The van der Waals surface area contributed by atoms with Gasteiger partial charge in [-0.2, -0.15) is 0 Å². The fourth-order valence-corrected chi connectivity index (χ4v) is 7.03. The Bertz CT molecular complexity index is 1350. The summed E-state index contributed by atoms with van der Waals surface area (Å²) in [4.78, 5) is 46.9. The minimum absolute atomic E-state index is 0.275. The number of thioether (sulfide) groups is 1. The summed E-state index contributed by atoms with van der Waals surface area (Å²) in [7, 11) is 0. The van der Waals surface area contributed by atoms with Crippen molar-refractivity contribution in [1.29, 1.82) is 0 Å². The van der Waals surface area contributed by atoms with Gasteiger partial charge in [0.05, 0.1) is 6.04 Å². The van der Waals surface area contributed by atoms with Crippen LogP contribution in [0.15, 0.2) is 72.2 Å². The molecule has 5 atom stereocenters. The van der Waals surface area contributed by atoms with Gasteiger partial charge in [-0.3, -0.25) is 9.59 Å². The highest BCUT2D eigenvalue weighted by Crippen LogP contribution is 2.42. The maximum Gasteiger partial charge on any atom is 0.408 e. The van der Waals surface area contributed by atoms with Crippen molar-refractivity contribution in [2.24, 2.45) is 5.92 Å². The Balaban J connectivity index is 1.63. The van der Waals surface area contributed by atoms with E-state index in [0.29, 0.717) is 17.2 Å². The Morgan fingerprint density at radius 1 is 1.05 bits per heavy atom. The first-order valence-electron chi connectivity index (χ1n) is 14.3. The summed E-state index contributed by atoms with van der Waals surface area (Å²) < 4.78 is 5.45. The first-order valence-corrected chi connectivity index (χ1v) is 16.3. The van der Waals surface area contributed by atoms with Crippen molar-refractivity contribution in [3.63, 3.8) is 0 Å². The summed E-state index contributed by atoms with van der Waals surface area (Å²) in [5.74, 6) is -0.682. The lowest BCUT2D eigenvalue weighted by atomic mass is 9.99. The maximum absolute atomic E-state index is 14.3. The van der Waals surface area contributed by atoms with E-state index in [1.54, 1.807) is 37.2 Å². The summed E-state index contributed by atoms with van der Waals surface area (Å²) in [6.07, 6.45) is 0.257. The molecular formula is C32H40N4O5S2. The summed E-state index contributed by atoms with van der Waals surface area (Å²) in [5.41, 5.74) is 1.08. The molecule has 1 saturated heterocycles. The van der Waals surface area contributed by atoms with Crippen LogP contribution in [0.4, 0.5) is 4.79 Å². The van der Waals surface area contributed by atoms with Crippen LogP contribution in [0.25, 0.3) is 0 Å². The molecule has 3 aromatic rings. The van der Waals surface area contributed by atoms with Crippen molar-refractivity contribution < 1.29 is 24.2 Å². The molecule has 1 aliphatic heterocycles. The molecule has 1 aliphatic rings. The molecule has 0 bridgehead atoms. The van der Waals surface area contributed by atoms with Crippen LogP contribution in [-0.4, -0.2) is 62.4 Å². The molecule has 1 fully saturated rings. The third-order valence-corrected chi connectivity index (χ3v) is 9.13. The van der Waals surface area contributed by atoms with Gasteiger partial charge in [-0.05, 0) is 44.2 Å². The lowest BCUT2D eigenvalue weighted by molar-refractivity contribution is -0.142. The van der Waals surface area contributed by atoms with Gasteiger partial charge >= 0.3 is 6.09 Å². The first-order chi connectivity index (χ1) is 20.4. The lowest BCUT2D eigenvalue weighted by Crippen LogP contribution is -2.57. The average molecular weight is 625 g/mol. The van der Waals surface area contributed by atoms with Crippen molar-refractivity contribution in [3.8, 4) is 0 Å². The van der Waals surface area contributed by atoms with Crippen LogP contribution in [-0.2, 0) is 20.7 Å². The zero-order chi connectivity index (χ0) is 31.1. The second kappa shape index (κ2) is 14.4. The van der Waals surface area contributed by atoms with Gasteiger partial charge in [-0.25, -0.2) is 9.78 Å². The number of aliphatic hydroxyl groups is 1. The molecule has 3 amide bonds. The van der Waals surface area contributed by atoms with Gasteiger partial charge in [0.25, 0.3) is 0 Å². The van der Waals surface area contributed by atoms with Crippen LogP contribution in [0, 0.1) is 5.92 Å². The average Bonchev–Trinajstić information content (AvgIpc) is 3.66. The minimum atomic E-state index is -1.04. The Hall–Kier alpha value is -3.41. The maximum atomic E-state index is 14.3. The normalized spacial score (nSPS) is 19.0. The molecule has 9 nitrogen and oxygen atoms in total. The minimum Gasteiger partial charge on any atom is -0.444 e. The van der Waals surface area contributed by atoms with Crippen LogP contribution >= 0.6 is 23.1 Å². The predicted octanol–water partition coefficient (Wildman–Crippen LogP) is 5.10. The van der Waals surface area contributed by atoms with Crippen LogP contribution in [0.1, 0.15) is 62.2 Å². The van der Waals surface area contributed by atoms with Crippen molar-refractivity contribution in [2.75, 3.05) is 5.75 Å². The van der Waals surface area contributed by atoms with E-state index < -0.39 is 41.3 Å². The number of rotatable bonds is 10. The number of thiazole rings is 1. The van der Waals surface area contributed by atoms with Crippen LogP contribution in [0.2, 0.25) is 0 Å². The number of hydrogen-bond donors (Lipinski definition) is 3. The molecule has 2 aromatic carbocycles. The molecule has 2 unspecified atom stereocenters. The Labute approximate surface area is 261 Å². The first kappa shape index (κ1) is 32.5. The summed E-state index contributed by atoms with van der Waals surface area (Å²) in [5, 5.41) is 18.9. The fourth-order valence-electron chi connectivity index (χ4n) is 4.90. The van der Waals surface area contributed by atoms with Crippen LogP contribution in [0.5, 0.6) is 0 Å². The topological polar surface area (TPSA) is 121 Å². The van der Waals surface area contributed by atoms with Crippen molar-refractivity contribution in [2.45, 2.75) is 76.2 Å². The molecule has 43 heavy (non-hydrogen) atoms. The quantitative estimate of drug-likeness (QED) is 0.287. The number of carbonyl (C=O) groups is 3. The van der Waals surface area contributed by atoms with E-state index in [1.807, 2.05) is 74.5 Å². The molecule has 3 N–H and O–H groups in total. The molecule has 11 heteroatoms. The third kappa shape index (κ3) is 8.58. The SMILES string of the molecule is CC(C)[C@H](NC(=O)OC(C)(C)C)C(=O)N1C(c2ccccc2)SC[C@H]1C(=O)N[C@@H](Cc1ccccc1)C(O)c1nccs1. The van der Waals surface area contributed by atoms with Crippen LogP contribution in [0.3, 0.4) is 0 Å². The van der Waals surface area contributed by atoms with Crippen molar-refractivity contribution in [3.05, 3.63) is 88.4 Å². The molecule has 1 aromatic heterocycles. The second-order valence-electron chi connectivity index (χ2n) is 11.8. The number of carbonyl (C=O) groups excluding carboxylic acids is 3. The zero-order valence-electron chi connectivity index (χ0n) is 25.1. The molecule has 0 aliphatic carbocycles. The zero-order valence-corrected chi connectivity index (χ0v) is 26.7. The molecule has 2 heterocycles. The Kier molecular flexibility index (Phi) is 10.9. The summed E-state index contributed by atoms with van der Waals surface area (Å²) in [6.45, 7) is 8.96. The van der Waals surface area contributed by atoms with Crippen molar-refractivity contribution >= 4 is 41.0 Å². The largest absolute Gasteiger partial charge is 0.444 e. The van der Waals surface area contributed by atoms with E-state index in [2.05, 4.69) is 15.6 Å². The monoisotopic (exact) mass is 624 g/mol. The molecule has 4 rings (SSSR count). The Morgan fingerprint density at radius 3 is 2.28 bits per heavy atom. The molecule has 0 saturated carbocycles. The molecular weight excluding hydrogens is 585 g/mol. The Morgan fingerprint density at radius 2 is 1.70 bits per heavy atom. The number of aliphatic hydroxyl groups excluding tert-OH is 1. The number of hydrogen-bond acceptors (Lipinski definition) is 8. The highest BCUT2D eigenvalue weighted by atomic mass is 32.2. The number of ether oxygens (including phenoxy) is 1. The third-order valence-electron chi connectivity index (χ3n) is 6.96. The van der Waals surface area contributed by atoms with Crippen LogP contribution < -0.4 is 10.6 Å². The summed E-state index contributed by atoms with van der Waals surface area (Å²) >= 11 is 2.81. The summed E-state index contributed by atoms with van der Waals surface area (Å²) in [6, 6.07) is 16.7. The number of amides is 3. The second-order valence-corrected chi connectivity index (χ2v) is 13.9. The van der Waals surface area contributed by atoms with E-state index >= 15 is 0 Å². The van der Waals surface area contributed by atoms with Gasteiger partial charge in [0.15, 0.2) is 0 Å². The fraction of sp³-hybridized carbons (Fsp3) is 0.438. The van der Waals surface area contributed by atoms with E-state index in [9.17, 15) is 19.5 Å². The number of nitrogens with one attached hydrogen (secondary N) is 2. The van der Waals surface area contributed by atoms with Gasteiger partial charge in [0, 0.05) is 17.3 Å². The number of alkyl carbamates (subject to hydrolysis) is 1. The lowest BCUT2D eigenvalue weighted by Gasteiger charge is -2.35. The van der Waals surface area contributed by atoms with Gasteiger partial charge in [-0.1, -0.05) is 74.5 Å². The molecule has 0 radical (unpaired) electrons. The van der Waals surface area contributed by atoms with E-state index in [0.717, 1.165) is 11.1 Å². The van der Waals surface area contributed by atoms with Crippen molar-refractivity contribution in [1.82, 2.24) is 20.5 Å². The predicted molar refractivity (Wildman–Crippen MR) is 169 cm³/mol.